The Labute approximate surface area is 125 Å². The average molecular weight is 293 g/mol. The first-order valence-corrected chi connectivity index (χ1v) is 8.24. The summed E-state index contributed by atoms with van der Waals surface area (Å²) in [5.74, 6) is 6.13. The van der Waals surface area contributed by atoms with Crippen molar-refractivity contribution in [2.24, 2.45) is 0 Å². The molecule has 1 fully saturated rings. The minimum Gasteiger partial charge on any atom is -0.395 e. The lowest BCUT2D eigenvalue weighted by molar-refractivity contribution is 0.119. The second kappa shape index (κ2) is 8.43. The summed E-state index contributed by atoms with van der Waals surface area (Å²) in [6.07, 6.45) is 5.31. The third-order valence-electron chi connectivity index (χ3n) is 3.76. The van der Waals surface area contributed by atoms with E-state index in [0.29, 0.717) is 6.42 Å². The molecule has 2 heterocycles. The van der Waals surface area contributed by atoms with Crippen molar-refractivity contribution in [3.8, 4) is 11.8 Å². The minimum atomic E-state index is 0.116. The SMILES string of the molecule is OCCC#Cc1ccsc1CN1CCCCCC1CO. The zero-order chi connectivity index (χ0) is 14.2. The molecule has 1 atom stereocenters. The summed E-state index contributed by atoms with van der Waals surface area (Å²) >= 11 is 1.73. The van der Waals surface area contributed by atoms with Crippen LogP contribution in [0.2, 0.25) is 0 Å². The van der Waals surface area contributed by atoms with Crippen LogP contribution in [0.5, 0.6) is 0 Å². The summed E-state index contributed by atoms with van der Waals surface area (Å²) in [7, 11) is 0. The third kappa shape index (κ3) is 4.32. The zero-order valence-electron chi connectivity index (χ0n) is 11.8. The van der Waals surface area contributed by atoms with Crippen molar-refractivity contribution >= 4 is 11.3 Å². The van der Waals surface area contributed by atoms with Gasteiger partial charge in [-0.2, -0.15) is 0 Å². The molecule has 4 heteroatoms. The highest BCUT2D eigenvalue weighted by atomic mass is 32.1. The first-order chi connectivity index (χ1) is 9.85. The molecule has 20 heavy (non-hydrogen) atoms. The van der Waals surface area contributed by atoms with Gasteiger partial charge in [0.1, 0.15) is 0 Å². The number of hydrogen-bond acceptors (Lipinski definition) is 4. The Morgan fingerprint density at radius 1 is 1.30 bits per heavy atom. The molecule has 0 aliphatic carbocycles. The quantitative estimate of drug-likeness (QED) is 0.837. The van der Waals surface area contributed by atoms with Crippen LogP contribution in [-0.2, 0) is 6.54 Å². The smallest absolute Gasteiger partial charge is 0.0587 e. The predicted octanol–water partition coefficient (Wildman–Crippen LogP) is 2.22. The van der Waals surface area contributed by atoms with E-state index < -0.39 is 0 Å². The average Bonchev–Trinajstić information content (AvgIpc) is 2.77. The summed E-state index contributed by atoms with van der Waals surface area (Å²) in [5.41, 5.74) is 1.07. The van der Waals surface area contributed by atoms with E-state index in [4.69, 9.17) is 5.11 Å². The lowest BCUT2D eigenvalue weighted by atomic mass is 10.1. The summed E-state index contributed by atoms with van der Waals surface area (Å²) in [6, 6.07) is 2.34. The van der Waals surface area contributed by atoms with Gasteiger partial charge in [0.05, 0.1) is 13.2 Å². The molecule has 110 valence electrons. The van der Waals surface area contributed by atoms with E-state index in [1.807, 2.05) is 0 Å². The van der Waals surface area contributed by atoms with Gasteiger partial charge in [0.2, 0.25) is 0 Å². The second-order valence-corrected chi connectivity index (χ2v) is 6.19. The zero-order valence-corrected chi connectivity index (χ0v) is 12.7. The fourth-order valence-electron chi connectivity index (χ4n) is 2.62. The largest absolute Gasteiger partial charge is 0.395 e. The molecule has 0 radical (unpaired) electrons. The van der Waals surface area contributed by atoms with E-state index >= 15 is 0 Å². The van der Waals surface area contributed by atoms with Crippen LogP contribution in [0.3, 0.4) is 0 Å². The van der Waals surface area contributed by atoms with Gasteiger partial charge in [-0.05, 0) is 30.8 Å². The third-order valence-corrected chi connectivity index (χ3v) is 4.67. The number of aliphatic hydroxyl groups is 2. The molecule has 1 saturated heterocycles. The van der Waals surface area contributed by atoms with E-state index in [1.54, 1.807) is 11.3 Å². The molecule has 3 nitrogen and oxygen atoms in total. The number of nitrogens with zero attached hydrogens (tertiary/aromatic N) is 1. The van der Waals surface area contributed by atoms with Crippen molar-refractivity contribution in [3.05, 3.63) is 21.9 Å². The standard InChI is InChI=1S/C16H23NO2S/c18-10-5-3-6-14-8-11-20-16(14)12-17-9-4-1-2-7-15(17)13-19/h8,11,15,18-19H,1-2,4-5,7,9-10,12-13H2. The number of likely N-dealkylation sites (tertiary alicyclic amines) is 1. The lowest BCUT2D eigenvalue weighted by Gasteiger charge is -2.28. The fraction of sp³-hybridized carbons (Fsp3) is 0.625. The highest BCUT2D eigenvalue weighted by Gasteiger charge is 2.21. The van der Waals surface area contributed by atoms with Gasteiger partial charge in [0, 0.05) is 29.4 Å². The second-order valence-electron chi connectivity index (χ2n) is 5.19. The van der Waals surface area contributed by atoms with Crippen molar-refractivity contribution in [2.75, 3.05) is 19.8 Å². The molecule has 2 N–H and O–H groups in total. The van der Waals surface area contributed by atoms with Gasteiger partial charge in [-0.3, -0.25) is 4.90 Å². The minimum absolute atomic E-state index is 0.116. The Hall–Kier alpha value is -0.860. The van der Waals surface area contributed by atoms with Gasteiger partial charge in [-0.15, -0.1) is 11.3 Å². The summed E-state index contributed by atoms with van der Waals surface area (Å²) in [6.45, 7) is 2.31. The number of hydrogen-bond donors (Lipinski definition) is 2. The predicted molar refractivity (Wildman–Crippen MR) is 82.7 cm³/mol. The Morgan fingerprint density at radius 2 is 2.20 bits per heavy atom. The van der Waals surface area contributed by atoms with Gasteiger partial charge < -0.3 is 10.2 Å². The molecule has 1 unspecified atom stereocenters. The van der Waals surface area contributed by atoms with Crippen LogP contribution >= 0.6 is 11.3 Å². The Balaban J connectivity index is 2.05. The van der Waals surface area contributed by atoms with Crippen LogP contribution in [0.25, 0.3) is 0 Å². The van der Waals surface area contributed by atoms with E-state index in [1.165, 1.54) is 24.1 Å². The highest BCUT2D eigenvalue weighted by molar-refractivity contribution is 7.10. The monoisotopic (exact) mass is 293 g/mol. The Kier molecular flexibility index (Phi) is 6.55. The number of rotatable bonds is 4. The maximum atomic E-state index is 9.56. The molecule has 0 amide bonds. The van der Waals surface area contributed by atoms with Gasteiger partial charge in [-0.25, -0.2) is 0 Å². The molecule has 1 aliphatic heterocycles. The molecule has 0 aromatic carbocycles. The van der Waals surface area contributed by atoms with Gasteiger partial charge in [0.15, 0.2) is 0 Å². The van der Waals surface area contributed by atoms with Crippen molar-refractivity contribution in [1.82, 2.24) is 4.90 Å². The van der Waals surface area contributed by atoms with Crippen LogP contribution in [-0.4, -0.2) is 40.9 Å². The normalized spacial score (nSPS) is 20.2. The van der Waals surface area contributed by atoms with E-state index in [0.717, 1.165) is 25.1 Å². The summed E-state index contributed by atoms with van der Waals surface area (Å²) in [5, 5.41) is 20.4. The van der Waals surface area contributed by atoms with Crippen LogP contribution < -0.4 is 0 Å². The van der Waals surface area contributed by atoms with Gasteiger partial charge in [-0.1, -0.05) is 24.7 Å². The lowest BCUT2D eigenvalue weighted by Crippen LogP contribution is -2.36. The summed E-state index contributed by atoms with van der Waals surface area (Å²) in [4.78, 5) is 3.67. The molecule has 1 aromatic rings. The maximum Gasteiger partial charge on any atom is 0.0587 e. The van der Waals surface area contributed by atoms with Crippen LogP contribution in [0.15, 0.2) is 11.4 Å². The first kappa shape index (κ1) is 15.5. The van der Waals surface area contributed by atoms with Gasteiger partial charge >= 0.3 is 0 Å². The Bertz CT molecular complexity index is 461. The van der Waals surface area contributed by atoms with Gasteiger partial charge in [0.25, 0.3) is 0 Å². The van der Waals surface area contributed by atoms with Crippen molar-refractivity contribution in [1.29, 1.82) is 0 Å². The maximum absolute atomic E-state index is 9.56. The molecule has 2 rings (SSSR count). The molecule has 1 aromatic heterocycles. The number of aliphatic hydroxyl groups excluding tert-OH is 2. The van der Waals surface area contributed by atoms with Crippen LogP contribution in [0.4, 0.5) is 0 Å². The van der Waals surface area contributed by atoms with E-state index in [9.17, 15) is 5.11 Å². The molecule has 0 bridgehead atoms. The van der Waals surface area contributed by atoms with E-state index in [2.05, 4.69) is 28.2 Å². The van der Waals surface area contributed by atoms with Crippen molar-refractivity contribution < 1.29 is 10.2 Å². The van der Waals surface area contributed by atoms with Crippen molar-refractivity contribution in [2.45, 2.75) is 44.7 Å². The highest BCUT2D eigenvalue weighted by Crippen LogP contribution is 2.23. The molecule has 0 spiro atoms. The topological polar surface area (TPSA) is 43.7 Å². The van der Waals surface area contributed by atoms with Crippen LogP contribution in [0, 0.1) is 11.8 Å². The summed E-state index contributed by atoms with van der Waals surface area (Å²) < 4.78 is 0. The first-order valence-electron chi connectivity index (χ1n) is 7.36. The molecular formula is C16H23NO2S. The fourth-order valence-corrected chi connectivity index (χ4v) is 3.48. The Morgan fingerprint density at radius 3 is 3.00 bits per heavy atom. The molecule has 1 aliphatic rings. The molecule has 0 saturated carbocycles. The van der Waals surface area contributed by atoms with Crippen LogP contribution in [0.1, 0.15) is 42.5 Å². The van der Waals surface area contributed by atoms with E-state index in [-0.39, 0.29) is 19.3 Å². The number of thiophene rings is 1. The van der Waals surface area contributed by atoms with Crippen molar-refractivity contribution in [3.63, 3.8) is 0 Å². The molecular weight excluding hydrogens is 270 g/mol.